The number of hydrogen-bond donors (Lipinski definition) is 3. The van der Waals surface area contributed by atoms with Crippen molar-refractivity contribution in [1.29, 1.82) is 0 Å². The number of aromatic nitrogens is 1. The zero-order chi connectivity index (χ0) is 23.1. The molecule has 31 heavy (non-hydrogen) atoms. The van der Waals surface area contributed by atoms with Crippen LogP contribution in [0.15, 0.2) is 23.1 Å². The Morgan fingerprint density at radius 2 is 1.87 bits per heavy atom. The fourth-order valence-corrected chi connectivity index (χ4v) is 5.62. The maximum Gasteiger partial charge on any atom is 0.272 e. The Bertz CT molecular complexity index is 1140. The van der Waals surface area contributed by atoms with Gasteiger partial charge in [-0.3, -0.25) is 9.59 Å². The number of phenols is 1. The lowest BCUT2D eigenvalue weighted by molar-refractivity contribution is 0.0910. The highest BCUT2D eigenvalue weighted by Crippen LogP contribution is 2.37. The Morgan fingerprint density at radius 3 is 2.48 bits per heavy atom. The van der Waals surface area contributed by atoms with Crippen molar-refractivity contribution >= 4 is 27.4 Å². The molecule has 0 bridgehead atoms. The Labute approximate surface area is 182 Å². The van der Waals surface area contributed by atoms with Crippen LogP contribution in [0, 0.1) is 12.3 Å². The Kier molecular flexibility index (Phi) is 6.03. The molecule has 0 spiro atoms. The minimum atomic E-state index is -3.75. The minimum Gasteiger partial charge on any atom is -0.506 e. The molecule has 1 aromatic carbocycles. The maximum atomic E-state index is 13.0. The molecule has 0 saturated heterocycles. The number of phenolic OH excluding ortho intramolecular Hbond substituents is 1. The van der Waals surface area contributed by atoms with Gasteiger partial charge in [-0.15, -0.1) is 0 Å². The summed E-state index contributed by atoms with van der Waals surface area (Å²) >= 11 is 0. The number of carbonyl (C=O) groups is 2. The molecule has 1 amide bonds. The lowest BCUT2D eigenvalue weighted by atomic mass is 9.75. The molecule has 168 valence electrons. The van der Waals surface area contributed by atoms with Gasteiger partial charge in [-0.2, -0.15) is 4.31 Å². The van der Waals surface area contributed by atoms with E-state index in [9.17, 15) is 23.1 Å². The number of hydrogen-bond acceptors (Lipinski definition) is 5. The first kappa shape index (κ1) is 23.0. The number of amides is 1. The van der Waals surface area contributed by atoms with Crippen LogP contribution < -0.4 is 5.32 Å². The lowest BCUT2D eigenvalue weighted by Crippen LogP contribution is -2.30. The predicted octanol–water partition coefficient (Wildman–Crippen LogP) is 3.47. The molecule has 0 radical (unpaired) electrons. The molecular formula is C22H29N3O5S. The standard InChI is InChI=1S/C22H29N3O5S/c1-6-25(7-2)31(29,30)14-8-9-17(26)15(10-14)24-21(28)20-13(3)19-16(23-20)11-22(4,5)12-18(19)27/h8-10,23,26H,6-7,11-12H2,1-5H3,(H,24,28). The average Bonchev–Trinajstić information content (AvgIpc) is 2.99. The summed E-state index contributed by atoms with van der Waals surface area (Å²) in [6.07, 6.45) is 1.05. The zero-order valence-corrected chi connectivity index (χ0v) is 19.3. The number of sulfonamides is 1. The number of nitrogens with one attached hydrogen (secondary N) is 2. The topological polar surface area (TPSA) is 120 Å². The third kappa shape index (κ3) is 4.24. The van der Waals surface area contributed by atoms with Crippen LogP contribution in [-0.4, -0.2) is 47.6 Å². The van der Waals surface area contributed by atoms with Crippen molar-refractivity contribution < 1.29 is 23.1 Å². The second kappa shape index (κ2) is 8.12. The van der Waals surface area contributed by atoms with Crippen LogP contribution in [0.5, 0.6) is 5.75 Å². The molecule has 0 atom stereocenters. The van der Waals surface area contributed by atoms with E-state index in [4.69, 9.17) is 0 Å². The van der Waals surface area contributed by atoms with Gasteiger partial charge in [-0.25, -0.2) is 8.42 Å². The second-order valence-corrected chi connectivity index (χ2v) is 10.6. The number of H-pyrrole nitrogens is 1. The fraction of sp³-hybridized carbons (Fsp3) is 0.455. The first-order chi connectivity index (χ1) is 14.4. The van der Waals surface area contributed by atoms with E-state index >= 15 is 0 Å². The van der Waals surface area contributed by atoms with E-state index in [0.29, 0.717) is 37.1 Å². The number of ketones is 1. The van der Waals surface area contributed by atoms with Crippen LogP contribution in [0.1, 0.15) is 66.2 Å². The van der Waals surface area contributed by atoms with Crippen molar-refractivity contribution in [2.24, 2.45) is 5.41 Å². The highest BCUT2D eigenvalue weighted by Gasteiger charge is 2.35. The summed E-state index contributed by atoms with van der Waals surface area (Å²) in [5.74, 6) is -0.808. The van der Waals surface area contributed by atoms with Gasteiger partial charge in [0.15, 0.2) is 5.78 Å². The second-order valence-electron chi connectivity index (χ2n) is 8.64. The van der Waals surface area contributed by atoms with E-state index in [1.165, 1.54) is 22.5 Å². The van der Waals surface area contributed by atoms with Gasteiger partial charge in [0.25, 0.3) is 5.91 Å². The third-order valence-corrected chi connectivity index (χ3v) is 7.73. The first-order valence-corrected chi connectivity index (χ1v) is 11.7. The number of aromatic hydroxyl groups is 1. The van der Waals surface area contributed by atoms with E-state index in [2.05, 4.69) is 10.3 Å². The molecule has 2 aromatic rings. The Hall–Kier alpha value is -2.65. The molecule has 3 rings (SSSR count). The van der Waals surface area contributed by atoms with Crippen molar-refractivity contribution in [3.63, 3.8) is 0 Å². The number of rotatable bonds is 6. The number of anilines is 1. The van der Waals surface area contributed by atoms with Gasteiger partial charge in [0, 0.05) is 30.8 Å². The highest BCUT2D eigenvalue weighted by atomic mass is 32.2. The van der Waals surface area contributed by atoms with Crippen LogP contribution in [0.25, 0.3) is 0 Å². The molecule has 0 unspecified atom stereocenters. The molecule has 3 N–H and O–H groups in total. The summed E-state index contributed by atoms with van der Waals surface area (Å²) in [5.41, 5.74) is 1.85. The van der Waals surface area contributed by atoms with Gasteiger partial charge in [-0.05, 0) is 42.5 Å². The smallest absolute Gasteiger partial charge is 0.272 e. The van der Waals surface area contributed by atoms with E-state index in [1.54, 1.807) is 20.8 Å². The molecular weight excluding hydrogens is 418 g/mol. The monoisotopic (exact) mass is 447 g/mol. The summed E-state index contributed by atoms with van der Waals surface area (Å²) in [6, 6.07) is 3.79. The Balaban J connectivity index is 1.94. The molecule has 0 fully saturated rings. The van der Waals surface area contributed by atoms with E-state index < -0.39 is 15.9 Å². The quantitative estimate of drug-likeness (QED) is 0.586. The van der Waals surface area contributed by atoms with Crippen molar-refractivity contribution in [2.75, 3.05) is 18.4 Å². The van der Waals surface area contributed by atoms with Crippen molar-refractivity contribution in [2.45, 2.75) is 52.4 Å². The number of carbonyl (C=O) groups excluding carboxylic acids is 2. The summed E-state index contributed by atoms with van der Waals surface area (Å²) in [5, 5.41) is 12.8. The molecule has 1 aliphatic carbocycles. The SMILES string of the molecule is CCN(CC)S(=O)(=O)c1ccc(O)c(NC(=O)c2[nH]c3c(c2C)C(=O)CC(C)(C)C3)c1. The van der Waals surface area contributed by atoms with Crippen LogP contribution in [0.2, 0.25) is 0 Å². The number of benzene rings is 1. The summed E-state index contributed by atoms with van der Waals surface area (Å²) in [4.78, 5) is 28.6. The molecule has 0 aliphatic heterocycles. The van der Waals surface area contributed by atoms with Gasteiger partial charge in [0.1, 0.15) is 11.4 Å². The normalized spacial score (nSPS) is 15.7. The number of nitrogens with zero attached hydrogens (tertiary/aromatic N) is 1. The lowest BCUT2D eigenvalue weighted by Gasteiger charge is -2.28. The van der Waals surface area contributed by atoms with Gasteiger partial charge < -0.3 is 15.4 Å². The molecule has 1 aliphatic rings. The summed E-state index contributed by atoms with van der Waals surface area (Å²) in [7, 11) is -3.75. The first-order valence-electron chi connectivity index (χ1n) is 10.3. The van der Waals surface area contributed by atoms with E-state index in [1.807, 2.05) is 13.8 Å². The van der Waals surface area contributed by atoms with Crippen LogP contribution in [0.3, 0.4) is 0 Å². The molecule has 8 nitrogen and oxygen atoms in total. The maximum absolute atomic E-state index is 13.0. The number of aromatic amines is 1. The average molecular weight is 448 g/mol. The molecule has 0 saturated carbocycles. The van der Waals surface area contributed by atoms with Gasteiger partial charge in [0.05, 0.1) is 10.6 Å². The summed E-state index contributed by atoms with van der Waals surface area (Å²) < 4.78 is 26.9. The molecule has 1 aromatic heterocycles. The minimum absolute atomic E-state index is 0.00536. The van der Waals surface area contributed by atoms with E-state index in [-0.39, 0.29) is 33.2 Å². The third-order valence-electron chi connectivity index (χ3n) is 5.69. The number of fused-ring (bicyclic) bond motifs is 1. The van der Waals surface area contributed by atoms with Gasteiger partial charge >= 0.3 is 0 Å². The number of Topliss-reactive ketones (excluding diaryl/α,β-unsaturated/α-hetero) is 1. The van der Waals surface area contributed by atoms with Crippen LogP contribution >= 0.6 is 0 Å². The predicted molar refractivity (Wildman–Crippen MR) is 118 cm³/mol. The zero-order valence-electron chi connectivity index (χ0n) is 18.5. The highest BCUT2D eigenvalue weighted by molar-refractivity contribution is 7.89. The van der Waals surface area contributed by atoms with Gasteiger partial charge in [0.2, 0.25) is 10.0 Å². The van der Waals surface area contributed by atoms with Crippen LogP contribution in [0.4, 0.5) is 5.69 Å². The van der Waals surface area contributed by atoms with Crippen molar-refractivity contribution in [3.8, 4) is 5.75 Å². The largest absolute Gasteiger partial charge is 0.506 e. The summed E-state index contributed by atoms with van der Waals surface area (Å²) in [6.45, 7) is 9.80. The Morgan fingerprint density at radius 1 is 1.23 bits per heavy atom. The van der Waals surface area contributed by atoms with Crippen molar-refractivity contribution in [3.05, 3.63) is 40.7 Å². The van der Waals surface area contributed by atoms with Crippen LogP contribution in [-0.2, 0) is 16.4 Å². The molecule has 9 heteroatoms. The van der Waals surface area contributed by atoms with E-state index in [0.717, 1.165) is 5.69 Å². The van der Waals surface area contributed by atoms with Crippen molar-refractivity contribution in [1.82, 2.24) is 9.29 Å². The molecule has 1 heterocycles. The van der Waals surface area contributed by atoms with Gasteiger partial charge in [-0.1, -0.05) is 27.7 Å². The fourth-order valence-electron chi connectivity index (χ4n) is 4.13.